The number of rotatable bonds is 12. The van der Waals surface area contributed by atoms with E-state index in [0.717, 1.165) is 66.6 Å². The van der Waals surface area contributed by atoms with Gasteiger partial charge in [-0.05, 0) is 43.2 Å². The fourth-order valence-corrected chi connectivity index (χ4v) is 3.89. The number of nitrogens with one attached hydrogen (secondary N) is 1. The lowest BCUT2D eigenvalue weighted by Gasteiger charge is -2.04. The molecule has 0 saturated heterocycles. The SMILES string of the molecule is Nc1ncc(CCCCCc2cn(CCCC(=O)c3ccc(-c4ccccc4)cc3)nn2)[nH]1. The van der Waals surface area contributed by atoms with Crippen LogP contribution in [0.4, 0.5) is 5.95 Å². The number of Topliss-reactive ketones (excluding diaryl/α,β-unsaturated/α-hetero) is 1. The number of aromatic amines is 1. The average molecular weight is 443 g/mol. The number of aromatic nitrogens is 5. The third-order valence-corrected chi connectivity index (χ3v) is 5.72. The van der Waals surface area contributed by atoms with Crippen molar-refractivity contribution in [2.24, 2.45) is 0 Å². The summed E-state index contributed by atoms with van der Waals surface area (Å²) in [6.07, 6.45) is 10.2. The van der Waals surface area contributed by atoms with E-state index in [1.807, 2.05) is 53.3 Å². The van der Waals surface area contributed by atoms with Crippen molar-refractivity contribution in [1.82, 2.24) is 25.0 Å². The first kappa shape index (κ1) is 22.5. The van der Waals surface area contributed by atoms with Crippen molar-refractivity contribution in [1.29, 1.82) is 0 Å². The smallest absolute Gasteiger partial charge is 0.197 e. The van der Waals surface area contributed by atoms with Gasteiger partial charge >= 0.3 is 0 Å². The van der Waals surface area contributed by atoms with Crippen LogP contribution in [-0.4, -0.2) is 30.7 Å². The van der Waals surface area contributed by atoms with E-state index in [9.17, 15) is 4.79 Å². The number of unbranched alkanes of at least 4 members (excludes halogenated alkanes) is 2. The molecule has 170 valence electrons. The van der Waals surface area contributed by atoms with Crippen molar-refractivity contribution in [3.63, 3.8) is 0 Å². The van der Waals surface area contributed by atoms with Crippen molar-refractivity contribution >= 4 is 11.7 Å². The molecule has 7 heteroatoms. The Morgan fingerprint density at radius 1 is 0.909 bits per heavy atom. The number of carbonyl (C=O) groups is 1. The third kappa shape index (κ3) is 6.62. The summed E-state index contributed by atoms with van der Waals surface area (Å²) in [5, 5.41) is 8.47. The van der Waals surface area contributed by atoms with Gasteiger partial charge in [-0.2, -0.15) is 0 Å². The number of hydrogen-bond donors (Lipinski definition) is 2. The Bertz CT molecular complexity index is 1150. The first-order valence-electron chi connectivity index (χ1n) is 11.5. The van der Waals surface area contributed by atoms with Crippen LogP contribution in [0.25, 0.3) is 11.1 Å². The fourth-order valence-electron chi connectivity index (χ4n) is 3.89. The summed E-state index contributed by atoms with van der Waals surface area (Å²) in [5.41, 5.74) is 10.7. The molecule has 3 N–H and O–H groups in total. The van der Waals surface area contributed by atoms with Crippen LogP contribution in [0.15, 0.2) is 67.0 Å². The molecule has 0 saturated carbocycles. The number of carbonyl (C=O) groups excluding carboxylic acids is 1. The minimum atomic E-state index is 0.161. The summed E-state index contributed by atoms with van der Waals surface area (Å²) in [6, 6.07) is 18.0. The summed E-state index contributed by atoms with van der Waals surface area (Å²) in [5.74, 6) is 0.637. The monoisotopic (exact) mass is 442 g/mol. The van der Waals surface area contributed by atoms with Crippen LogP contribution < -0.4 is 5.73 Å². The van der Waals surface area contributed by atoms with E-state index in [1.165, 1.54) is 0 Å². The maximum Gasteiger partial charge on any atom is 0.197 e. The second-order valence-electron chi connectivity index (χ2n) is 8.30. The third-order valence-electron chi connectivity index (χ3n) is 5.72. The molecule has 0 fully saturated rings. The van der Waals surface area contributed by atoms with Gasteiger partial charge in [0.25, 0.3) is 0 Å². The van der Waals surface area contributed by atoms with Crippen LogP contribution in [0.2, 0.25) is 0 Å². The number of nitrogen functional groups attached to an aromatic ring is 1. The first-order valence-corrected chi connectivity index (χ1v) is 11.5. The molecule has 7 nitrogen and oxygen atoms in total. The van der Waals surface area contributed by atoms with Gasteiger partial charge in [0.2, 0.25) is 0 Å². The van der Waals surface area contributed by atoms with Gasteiger partial charge in [-0.25, -0.2) is 4.98 Å². The van der Waals surface area contributed by atoms with Gasteiger partial charge in [-0.15, -0.1) is 5.10 Å². The van der Waals surface area contributed by atoms with Gasteiger partial charge in [0.05, 0.1) is 11.9 Å². The molecule has 2 heterocycles. The Kier molecular flexibility index (Phi) is 7.64. The second kappa shape index (κ2) is 11.2. The molecule has 0 aliphatic heterocycles. The number of aryl methyl sites for hydroxylation is 3. The Labute approximate surface area is 194 Å². The van der Waals surface area contributed by atoms with Crippen LogP contribution in [0.3, 0.4) is 0 Å². The standard InChI is InChI=1S/C26H30N6O/c27-26-28-18-23(29-26)10-5-2-6-11-24-19-32(31-30-24)17-7-12-25(33)22-15-13-21(14-16-22)20-8-3-1-4-9-20/h1,3-4,8-9,13-16,18-19H,2,5-7,10-12,17H2,(H3,27,28,29). The highest BCUT2D eigenvalue weighted by molar-refractivity contribution is 5.96. The van der Waals surface area contributed by atoms with Gasteiger partial charge in [-0.1, -0.05) is 66.2 Å². The molecule has 0 spiro atoms. The van der Waals surface area contributed by atoms with Crippen molar-refractivity contribution in [2.75, 3.05) is 5.73 Å². The summed E-state index contributed by atoms with van der Waals surface area (Å²) in [7, 11) is 0. The lowest BCUT2D eigenvalue weighted by molar-refractivity contribution is 0.0978. The summed E-state index contributed by atoms with van der Waals surface area (Å²) < 4.78 is 1.84. The van der Waals surface area contributed by atoms with E-state index in [2.05, 4.69) is 32.4 Å². The van der Waals surface area contributed by atoms with Gasteiger partial charge in [0.1, 0.15) is 0 Å². The molecule has 0 aliphatic carbocycles. The zero-order valence-corrected chi connectivity index (χ0v) is 18.8. The highest BCUT2D eigenvalue weighted by Gasteiger charge is 2.08. The van der Waals surface area contributed by atoms with Gasteiger partial charge < -0.3 is 10.7 Å². The summed E-state index contributed by atoms with van der Waals surface area (Å²) in [6.45, 7) is 0.697. The molecule has 2 aromatic carbocycles. The molecule has 4 aromatic rings. The quantitative estimate of drug-likeness (QED) is 0.241. The number of imidazole rings is 1. The molecular formula is C26H30N6O. The molecule has 33 heavy (non-hydrogen) atoms. The normalized spacial score (nSPS) is 11.0. The van der Waals surface area contributed by atoms with Crippen molar-refractivity contribution in [3.8, 4) is 11.1 Å². The average Bonchev–Trinajstić information content (AvgIpc) is 3.48. The number of hydrogen-bond acceptors (Lipinski definition) is 5. The first-order chi connectivity index (χ1) is 16.2. The van der Waals surface area contributed by atoms with E-state index >= 15 is 0 Å². The van der Waals surface area contributed by atoms with Crippen molar-refractivity contribution in [2.45, 2.75) is 51.5 Å². The molecule has 0 radical (unpaired) electrons. The molecule has 0 bridgehead atoms. The number of ketones is 1. The van der Waals surface area contributed by atoms with E-state index in [0.29, 0.717) is 18.9 Å². The number of nitrogens with zero attached hydrogens (tertiary/aromatic N) is 4. The number of nitrogens with two attached hydrogens (primary N) is 1. The number of benzene rings is 2. The minimum Gasteiger partial charge on any atom is -0.369 e. The van der Waals surface area contributed by atoms with Crippen LogP contribution in [0.5, 0.6) is 0 Å². The maximum atomic E-state index is 12.5. The Hall–Kier alpha value is -3.74. The minimum absolute atomic E-state index is 0.161. The Balaban J connectivity index is 1.14. The molecular weight excluding hydrogens is 412 g/mol. The molecule has 0 aliphatic rings. The topological polar surface area (TPSA) is 102 Å². The number of H-pyrrole nitrogens is 1. The predicted octanol–water partition coefficient (Wildman–Crippen LogP) is 4.87. The van der Waals surface area contributed by atoms with E-state index in [-0.39, 0.29) is 5.78 Å². The van der Waals surface area contributed by atoms with E-state index in [1.54, 1.807) is 6.20 Å². The summed E-state index contributed by atoms with van der Waals surface area (Å²) in [4.78, 5) is 19.6. The highest BCUT2D eigenvalue weighted by Crippen LogP contribution is 2.20. The lowest BCUT2D eigenvalue weighted by Crippen LogP contribution is -2.04. The van der Waals surface area contributed by atoms with Crippen LogP contribution in [-0.2, 0) is 19.4 Å². The zero-order chi connectivity index (χ0) is 22.9. The van der Waals surface area contributed by atoms with Crippen LogP contribution in [0, 0.1) is 0 Å². The molecule has 4 rings (SSSR count). The van der Waals surface area contributed by atoms with Crippen LogP contribution >= 0.6 is 0 Å². The molecule has 0 unspecified atom stereocenters. The maximum absolute atomic E-state index is 12.5. The van der Waals surface area contributed by atoms with Gasteiger partial charge in [0.15, 0.2) is 11.7 Å². The molecule has 2 aromatic heterocycles. The van der Waals surface area contributed by atoms with Gasteiger partial charge in [-0.3, -0.25) is 9.48 Å². The highest BCUT2D eigenvalue weighted by atomic mass is 16.1. The fraction of sp³-hybridized carbons (Fsp3) is 0.308. The largest absolute Gasteiger partial charge is 0.369 e. The lowest BCUT2D eigenvalue weighted by atomic mass is 10.0. The Morgan fingerprint density at radius 2 is 1.67 bits per heavy atom. The predicted molar refractivity (Wildman–Crippen MR) is 130 cm³/mol. The molecule has 0 atom stereocenters. The van der Waals surface area contributed by atoms with Crippen molar-refractivity contribution in [3.05, 3.63) is 83.9 Å². The van der Waals surface area contributed by atoms with E-state index in [4.69, 9.17) is 5.73 Å². The zero-order valence-electron chi connectivity index (χ0n) is 18.8. The van der Waals surface area contributed by atoms with Gasteiger partial charge in [0, 0.05) is 30.4 Å². The second-order valence-corrected chi connectivity index (χ2v) is 8.30. The van der Waals surface area contributed by atoms with Crippen molar-refractivity contribution < 1.29 is 4.79 Å². The summed E-state index contributed by atoms with van der Waals surface area (Å²) >= 11 is 0. The number of anilines is 1. The Morgan fingerprint density at radius 3 is 2.42 bits per heavy atom. The van der Waals surface area contributed by atoms with Crippen LogP contribution in [0.1, 0.15) is 53.8 Å². The van der Waals surface area contributed by atoms with E-state index < -0.39 is 0 Å². The molecule has 0 amide bonds.